The molecule has 2 aromatic carbocycles. The summed E-state index contributed by atoms with van der Waals surface area (Å²) >= 11 is 0. The molecule has 0 fully saturated rings. The lowest BCUT2D eigenvalue weighted by Gasteiger charge is -2.18. The molecule has 2 aromatic rings. The van der Waals surface area contributed by atoms with Gasteiger partial charge in [-0.05, 0) is 55.3 Å². The number of nitrogens with one attached hydrogen (secondary N) is 1. The second-order valence-electron chi connectivity index (χ2n) is 6.64. The van der Waals surface area contributed by atoms with Crippen LogP contribution in [-0.4, -0.2) is 38.9 Å². The van der Waals surface area contributed by atoms with E-state index in [0.29, 0.717) is 12.0 Å². The molecule has 0 aliphatic rings. The molecule has 1 unspecified atom stereocenters. The summed E-state index contributed by atoms with van der Waals surface area (Å²) in [6.07, 6.45) is 0.663. The van der Waals surface area contributed by atoms with Gasteiger partial charge in [-0.2, -0.15) is 8.78 Å². The van der Waals surface area contributed by atoms with Crippen LogP contribution in [-0.2, 0) is 16.6 Å². The highest BCUT2D eigenvalue weighted by Gasteiger charge is 2.18. The first-order valence-corrected chi connectivity index (χ1v) is 10.5. The standard InChI is InChI=1S/C20H24F2N2O4S/c1-4-14(2)23-29(26,27)18-11-7-16(8-12-18)19(25)24(3)13-15-5-9-17(10-6-15)28-20(21)22/h5-12,14,20,23H,4,13H2,1-3H3. The van der Waals surface area contributed by atoms with Gasteiger partial charge in [0.1, 0.15) is 5.75 Å². The maximum Gasteiger partial charge on any atom is 0.387 e. The van der Waals surface area contributed by atoms with Crippen LogP contribution < -0.4 is 9.46 Å². The number of benzene rings is 2. The van der Waals surface area contributed by atoms with Crippen molar-refractivity contribution in [3.63, 3.8) is 0 Å². The van der Waals surface area contributed by atoms with Gasteiger partial charge in [0.25, 0.3) is 5.91 Å². The Morgan fingerprint density at radius 3 is 2.21 bits per heavy atom. The van der Waals surface area contributed by atoms with Crippen LogP contribution in [0, 0.1) is 0 Å². The van der Waals surface area contributed by atoms with Crippen LogP contribution in [0.5, 0.6) is 5.75 Å². The number of amides is 1. The Morgan fingerprint density at radius 1 is 1.10 bits per heavy atom. The lowest BCUT2D eigenvalue weighted by Crippen LogP contribution is -2.32. The Hall–Kier alpha value is -2.52. The zero-order chi connectivity index (χ0) is 21.6. The van der Waals surface area contributed by atoms with Crippen molar-refractivity contribution in [3.8, 4) is 5.75 Å². The van der Waals surface area contributed by atoms with E-state index in [4.69, 9.17) is 0 Å². The first-order chi connectivity index (χ1) is 13.6. The van der Waals surface area contributed by atoms with E-state index in [2.05, 4.69) is 9.46 Å². The average molecular weight is 426 g/mol. The molecule has 0 aromatic heterocycles. The number of carbonyl (C=O) groups excluding carboxylic acids is 1. The highest BCUT2D eigenvalue weighted by Crippen LogP contribution is 2.17. The molecule has 1 N–H and O–H groups in total. The number of ether oxygens (including phenoxy) is 1. The van der Waals surface area contributed by atoms with E-state index in [9.17, 15) is 22.0 Å². The minimum absolute atomic E-state index is 0.0422. The lowest BCUT2D eigenvalue weighted by molar-refractivity contribution is -0.0498. The van der Waals surface area contributed by atoms with Crippen LogP contribution in [0.2, 0.25) is 0 Å². The molecule has 2 rings (SSSR count). The topological polar surface area (TPSA) is 75.7 Å². The van der Waals surface area contributed by atoms with Crippen molar-refractivity contribution >= 4 is 15.9 Å². The fourth-order valence-corrected chi connectivity index (χ4v) is 3.86. The highest BCUT2D eigenvalue weighted by molar-refractivity contribution is 7.89. The molecule has 158 valence electrons. The first-order valence-electron chi connectivity index (χ1n) is 9.04. The fraction of sp³-hybridized carbons (Fsp3) is 0.350. The van der Waals surface area contributed by atoms with Gasteiger partial charge >= 0.3 is 6.61 Å². The average Bonchev–Trinajstić information content (AvgIpc) is 2.68. The Kier molecular flexibility index (Phi) is 7.69. The minimum atomic E-state index is -3.64. The number of halogens is 2. The zero-order valence-electron chi connectivity index (χ0n) is 16.4. The molecule has 0 aliphatic carbocycles. The summed E-state index contributed by atoms with van der Waals surface area (Å²) in [5.41, 5.74) is 1.08. The third-order valence-electron chi connectivity index (χ3n) is 4.30. The quantitative estimate of drug-likeness (QED) is 0.664. The van der Waals surface area contributed by atoms with Gasteiger partial charge in [0.05, 0.1) is 4.90 Å². The van der Waals surface area contributed by atoms with E-state index in [0.717, 1.165) is 5.56 Å². The summed E-state index contributed by atoms with van der Waals surface area (Å²) in [6, 6.07) is 11.5. The van der Waals surface area contributed by atoms with Crippen LogP contribution in [0.3, 0.4) is 0 Å². The Labute approximate surface area is 169 Å². The molecule has 9 heteroatoms. The van der Waals surface area contributed by atoms with Crippen molar-refractivity contribution in [3.05, 3.63) is 59.7 Å². The maximum atomic E-state index is 12.6. The predicted molar refractivity (Wildman–Crippen MR) is 105 cm³/mol. The van der Waals surface area contributed by atoms with Gasteiger partial charge < -0.3 is 9.64 Å². The number of hydrogen-bond donors (Lipinski definition) is 1. The SMILES string of the molecule is CCC(C)NS(=O)(=O)c1ccc(C(=O)N(C)Cc2ccc(OC(F)F)cc2)cc1. The summed E-state index contributed by atoms with van der Waals surface area (Å²) in [5.74, 6) is -0.253. The van der Waals surface area contributed by atoms with E-state index in [1.54, 1.807) is 26.1 Å². The van der Waals surface area contributed by atoms with Crippen LogP contribution in [0.15, 0.2) is 53.4 Å². The molecule has 0 spiro atoms. The second kappa shape index (κ2) is 9.80. The van der Waals surface area contributed by atoms with E-state index in [1.807, 2.05) is 6.92 Å². The van der Waals surface area contributed by atoms with E-state index >= 15 is 0 Å². The molecule has 0 aliphatic heterocycles. The number of alkyl halides is 2. The third-order valence-corrected chi connectivity index (χ3v) is 5.90. The van der Waals surface area contributed by atoms with Crippen molar-refractivity contribution < 1.29 is 26.7 Å². The molecule has 0 radical (unpaired) electrons. The number of sulfonamides is 1. The molecule has 29 heavy (non-hydrogen) atoms. The molecule has 0 saturated heterocycles. The number of hydrogen-bond acceptors (Lipinski definition) is 4. The zero-order valence-corrected chi connectivity index (χ0v) is 17.2. The Morgan fingerprint density at radius 2 is 1.69 bits per heavy atom. The minimum Gasteiger partial charge on any atom is -0.435 e. The van der Waals surface area contributed by atoms with Gasteiger partial charge in [0, 0.05) is 25.2 Å². The predicted octanol–water partition coefficient (Wildman–Crippen LogP) is 3.64. The number of carbonyl (C=O) groups is 1. The van der Waals surface area contributed by atoms with Crippen molar-refractivity contribution in [1.29, 1.82) is 0 Å². The van der Waals surface area contributed by atoms with Crippen molar-refractivity contribution in [1.82, 2.24) is 9.62 Å². The molecule has 0 heterocycles. The number of rotatable bonds is 9. The van der Waals surface area contributed by atoms with Crippen molar-refractivity contribution in [2.75, 3.05) is 7.05 Å². The van der Waals surface area contributed by atoms with Crippen molar-refractivity contribution in [2.24, 2.45) is 0 Å². The molecule has 1 atom stereocenters. The summed E-state index contributed by atoms with van der Waals surface area (Å²) in [4.78, 5) is 14.1. The van der Waals surface area contributed by atoms with Gasteiger partial charge in [0.15, 0.2) is 0 Å². The summed E-state index contributed by atoms with van der Waals surface area (Å²) in [6.45, 7) is 1.02. The smallest absolute Gasteiger partial charge is 0.387 e. The van der Waals surface area contributed by atoms with Gasteiger partial charge in [0.2, 0.25) is 10.0 Å². The van der Waals surface area contributed by atoms with Crippen molar-refractivity contribution in [2.45, 2.75) is 44.4 Å². The van der Waals surface area contributed by atoms with E-state index in [1.165, 1.54) is 41.3 Å². The van der Waals surface area contributed by atoms with E-state index < -0.39 is 16.6 Å². The normalized spacial score (nSPS) is 12.6. The fourth-order valence-electron chi connectivity index (χ4n) is 2.54. The summed E-state index contributed by atoms with van der Waals surface area (Å²) < 4.78 is 55.8. The highest BCUT2D eigenvalue weighted by atomic mass is 32.2. The molecule has 0 saturated carbocycles. The maximum absolute atomic E-state index is 12.6. The molecule has 1 amide bonds. The second-order valence-corrected chi connectivity index (χ2v) is 8.35. The number of nitrogens with zero attached hydrogens (tertiary/aromatic N) is 1. The Bertz CT molecular complexity index is 917. The van der Waals surface area contributed by atoms with Crippen LogP contribution in [0.4, 0.5) is 8.78 Å². The largest absolute Gasteiger partial charge is 0.435 e. The van der Waals surface area contributed by atoms with Gasteiger partial charge in [-0.3, -0.25) is 4.79 Å². The molecular weight excluding hydrogens is 402 g/mol. The molecule has 6 nitrogen and oxygen atoms in total. The lowest BCUT2D eigenvalue weighted by atomic mass is 10.1. The summed E-state index contributed by atoms with van der Waals surface area (Å²) in [5, 5.41) is 0. The molecular formula is C20H24F2N2O4S. The Balaban J connectivity index is 2.04. The van der Waals surface area contributed by atoms with Gasteiger partial charge in [-0.1, -0.05) is 19.1 Å². The third kappa shape index (κ3) is 6.50. The first kappa shape index (κ1) is 22.8. The van der Waals surface area contributed by atoms with Gasteiger partial charge in [-0.15, -0.1) is 0 Å². The van der Waals surface area contributed by atoms with Crippen LogP contribution >= 0.6 is 0 Å². The monoisotopic (exact) mass is 426 g/mol. The van der Waals surface area contributed by atoms with Crippen LogP contribution in [0.1, 0.15) is 36.2 Å². The summed E-state index contributed by atoms with van der Waals surface area (Å²) in [7, 11) is -2.04. The molecule has 0 bridgehead atoms. The van der Waals surface area contributed by atoms with Gasteiger partial charge in [-0.25, -0.2) is 13.1 Å². The van der Waals surface area contributed by atoms with E-state index in [-0.39, 0.29) is 29.1 Å². The van der Waals surface area contributed by atoms with Crippen LogP contribution in [0.25, 0.3) is 0 Å².